The number of nitrogens with zero attached hydrogens (tertiary/aromatic N) is 2. The van der Waals surface area contributed by atoms with Gasteiger partial charge in [-0.25, -0.2) is 4.98 Å². The van der Waals surface area contributed by atoms with Crippen LogP contribution in [0.4, 0.5) is 0 Å². The second-order valence-electron chi connectivity index (χ2n) is 6.33. The van der Waals surface area contributed by atoms with Gasteiger partial charge in [-0.1, -0.05) is 11.6 Å². The Bertz CT molecular complexity index is 758. The quantitative estimate of drug-likeness (QED) is 0.783. The van der Waals surface area contributed by atoms with E-state index in [1.165, 1.54) is 4.90 Å². The molecule has 1 fully saturated rings. The molecule has 0 spiro atoms. The number of hydrogen-bond donors (Lipinski definition) is 2. The Morgan fingerprint density at radius 2 is 2.27 bits per heavy atom. The minimum Gasteiger partial charge on any atom is -0.335 e. The highest BCUT2D eigenvalue weighted by molar-refractivity contribution is 6.31. The minimum absolute atomic E-state index is 0.000429. The van der Waals surface area contributed by atoms with Gasteiger partial charge in [-0.3, -0.25) is 9.36 Å². The van der Waals surface area contributed by atoms with Crippen molar-refractivity contribution >= 4 is 22.5 Å². The minimum atomic E-state index is -0.000429. The highest BCUT2D eigenvalue weighted by Crippen LogP contribution is 2.16. The first-order valence-electron chi connectivity index (χ1n) is 7.81. The SMILES string of the molecule is C[C@@H]1C[NH+]([C@@H](C)c2nc3cc(Cl)ccc3c(=O)n2C)CC[NH2+]1. The van der Waals surface area contributed by atoms with Gasteiger partial charge in [0.2, 0.25) is 0 Å². The molecule has 118 valence electrons. The first-order chi connectivity index (χ1) is 10.5. The number of hydrogen-bond acceptors (Lipinski definition) is 2. The van der Waals surface area contributed by atoms with Gasteiger partial charge in [-0.05, 0) is 32.0 Å². The maximum atomic E-state index is 12.6. The summed E-state index contributed by atoms with van der Waals surface area (Å²) < 4.78 is 1.69. The maximum absolute atomic E-state index is 12.6. The van der Waals surface area contributed by atoms with Gasteiger partial charge in [0.05, 0.1) is 10.9 Å². The average Bonchev–Trinajstić information content (AvgIpc) is 2.50. The van der Waals surface area contributed by atoms with E-state index in [0.29, 0.717) is 22.0 Å². The summed E-state index contributed by atoms with van der Waals surface area (Å²) in [6.45, 7) is 7.71. The number of nitrogens with one attached hydrogen (secondary N) is 1. The molecule has 1 aliphatic heterocycles. The lowest BCUT2D eigenvalue weighted by molar-refractivity contribution is -0.979. The summed E-state index contributed by atoms with van der Waals surface area (Å²) in [6.07, 6.45) is 0. The molecule has 5 nitrogen and oxygen atoms in total. The molecule has 1 aromatic carbocycles. The van der Waals surface area contributed by atoms with E-state index < -0.39 is 0 Å². The number of rotatable bonds is 2. The van der Waals surface area contributed by atoms with Gasteiger partial charge in [0.15, 0.2) is 5.82 Å². The van der Waals surface area contributed by atoms with Crippen LogP contribution in [-0.4, -0.2) is 35.2 Å². The van der Waals surface area contributed by atoms with Crippen molar-refractivity contribution in [2.75, 3.05) is 19.6 Å². The molecular formula is C16H23ClN4O+2. The zero-order chi connectivity index (χ0) is 15.9. The van der Waals surface area contributed by atoms with Crippen LogP contribution in [0.5, 0.6) is 0 Å². The molecular weight excluding hydrogens is 300 g/mol. The molecule has 1 aromatic heterocycles. The summed E-state index contributed by atoms with van der Waals surface area (Å²) in [4.78, 5) is 18.8. The predicted octanol–water partition coefficient (Wildman–Crippen LogP) is -0.502. The van der Waals surface area contributed by atoms with Crippen LogP contribution in [0.1, 0.15) is 25.7 Å². The van der Waals surface area contributed by atoms with Crippen molar-refractivity contribution in [3.8, 4) is 0 Å². The largest absolute Gasteiger partial charge is 0.335 e. The fraction of sp³-hybridized carbons (Fsp3) is 0.500. The lowest BCUT2D eigenvalue weighted by atomic mass is 10.1. The standard InChI is InChI=1S/C16H21ClN4O/c1-10-9-21(7-6-18-10)11(2)15-19-14-8-12(17)4-5-13(14)16(22)20(15)3/h4-5,8,10-11,18H,6-7,9H2,1-3H3/p+2/t10-,11+/m1/s1. The summed E-state index contributed by atoms with van der Waals surface area (Å²) in [7, 11) is 1.81. The Balaban J connectivity index is 2.06. The Morgan fingerprint density at radius 3 is 3.00 bits per heavy atom. The van der Waals surface area contributed by atoms with Gasteiger partial charge in [0.25, 0.3) is 5.56 Å². The molecule has 6 heteroatoms. The van der Waals surface area contributed by atoms with E-state index in [-0.39, 0.29) is 11.6 Å². The zero-order valence-corrected chi connectivity index (χ0v) is 14.0. The first kappa shape index (κ1) is 15.5. The summed E-state index contributed by atoms with van der Waals surface area (Å²) in [5.74, 6) is 0.837. The normalized spacial score (nSPS) is 23.6. The Morgan fingerprint density at radius 1 is 1.50 bits per heavy atom. The molecule has 1 aliphatic rings. The molecule has 22 heavy (non-hydrogen) atoms. The first-order valence-corrected chi connectivity index (χ1v) is 8.19. The molecule has 0 saturated carbocycles. The monoisotopic (exact) mass is 322 g/mol. The summed E-state index contributed by atoms with van der Waals surface area (Å²) in [6, 6.07) is 6.07. The summed E-state index contributed by atoms with van der Waals surface area (Å²) >= 11 is 6.05. The van der Waals surface area contributed by atoms with Crippen molar-refractivity contribution in [2.24, 2.45) is 7.05 Å². The molecule has 3 rings (SSSR count). The van der Waals surface area contributed by atoms with Crippen LogP contribution in [0.2, 0.25) is 5.02 Å². The molecule has 0 bridgehead atoms. The van der Waals surface area contributed by atoms with Crippen molar-refractivity contribution < 1.29 is 10.2 Å². The Labute approximate surface area is 134 Å². The fourth-order valence-electron chi connectivity index (χ4n) is 3.38. The molecule has 0 amide bonds. The maximum Gasteiger partial charge on any atom is 0.261 e. The lowest BCUT2D eigenvalue weighted by Crippen LogP contribution is -3.22. The van der Waals surface area contributed by atoms with Crippen molar-refractivity contribution in [3.05, 3.63) is 39.4 Å². The van der Waals surface area contributed by atoms with Crippen LogP contribution < -0.4 is 15.8 Å². The molecule has 0 radical (unpaired) electrons. The van der Waals surface area contributed by atoms with E-state index in [9.17, 15) is 4.79 Å². The van der Waals surface area contributed by atoms with Crippen LogP contribution in [0, 0.1) is 0 Å². The number of quaternary nitrogens is 2. The third-order valence-corrected chi connectivity index (χ3v) is 4.93. The van der Waals surface area contributed by atoms with Crippen LogP contribution in [0.25, 0.3) is 10.9 Å². The van der Waals surface area contributed by atoms with Crippen molar-refractivity contribution in [3.63, 3.8) is 0 Å². The van der Waals surface area contributed by atoms with Crippen molar-refractivity contribution in [1.82, 2.24) is 9.55 Å². The number of piperazine rings is 1. The summed E-state index contributed by atoms with van der Waals surface area (Å²) in [5, 5.41) is 3.61. The van der Waals surface area contributed by atoms with Crippen LogP contribution in [0.3, 0.4) is 0 Å². The topological polar surface area (TPSA) is 55.9 Å². The van der Waals surface area contributed by atoms with Gasteiger partial charge in [-0.2, -0.15) is 0 Å². The smallest absolute Gasteiger partial charge is 0.261 e. The van der Waals surface area contributed by atoms with Gasteiger partial charge >= 0.3 is 0 Å². The second-order valence-corrected chi connectivity index (χ2v) is 6.77. The van der Waals surface area contributed by atoms with E-state index in [1.807, 2.05) is 7.05 Å². The highest BCUT2D eigenvalue weighted by Gasteiger charge is 2.30. The van der Waals surface area contributed by atoms with E-state index in [2.05, 4.69) is 19.2 Å². The van der Waals surface area contributed by atoms with E-state index in [4.69, 9.17) is 16.6 Å². The number of halogens is 1. The summed E-state index contributed by atoms with van der Waals surface area (Å²) in [5.41, 5.74) is 0.688. The van der Waals surface area contributed by atoms with Gasteiger partial charge in [0.1, 0.15) is 31.7 Å². The highest BCUT2D eigenvalue weighted by atomic mass is 35.5. The second kappa shape index (κ2) is 5.99. The average molecular weight is 323 g/mol. The third kappa shape index (κ3) is 2.76. The fourth-order valence-corrected chi connectivity index (χ4v) is 3.54. The zero-order valence-electron chi connectivity index (χ0n) is 13.3. The van der Waals surface area contributed by atoms with Crippen molar-refractivity contribution in [1.29, 1.82) is 0 Å². The Kier molecular flexibility index (Phi) is 4.21. The van der Waals surface area contributed by atoms with Crippen LogP contribution >= 0.6 is 11.6 Å². The molecule has 0 aliphatic carbocycles. The van der Waals surface area contributed by atoms with Crippen LogP contribution in [0.15, 0.2) is 23.0 Å². The number of nitrogens with two attached hydrogens (primary N) is 1. The lowest BCUT2D eigenvalue weighted by Gasteiger charge is -2.31. The van der Waals surface area contributed by atoms with E-state index in [0.717, 1.165) is 25.5 Å². The number of benzene rings is 1. The molecule has 2 aromatic rings. The molecule has 3 atom stereocenters. The predicted molar refractivity (Wildman–Crippen MR) is 87.4 cm³/mol. The van der Waals surface area contributed by atoms with Crippen LogP contribution in [-0.2, 0) is 7.05 Å². The van der Waals surface area contributed by atoms with E-state index in [1.54, 1.807) is 22.8 Å². The molecule has 3 N–H and O–H groups in total. The van der Waals surface area contributed by atoms with Gasteiger partial charge in [0, 0.05) is 12.1 Å². The number of aromatic nitrogens is 2. The van der Waals surface area contributed by atoms with Crippen molar-refractivity contribution in [2.45, 2.75) is 25.9 Å². The molecule has 2 heterocycles. The number of fused-ring (bicyclic) bond motifs is 1. The third-order valence-electron chi connectivity index (χ3n) is 4.69. The van der Waals surface area contributed by atoms with Gasteiger partial charge < -0.3 is 10.2 Å². The van der Waals surface area contributed by atoms with E-state index >= 15 is 0 Å². The Hall–Kier alpha value is -1.43. The molecule has 1 unspecified atom stereocenters. The van der Waals surface area contributed by atoms with Gasteiger partial charge in [-0.15, -0.1) is 0 Å². The molecule has 1 saturated heterocycles.